The van der Waals surface area contributed by atoms with Gasteiger partial charge in [-0.25, -0.2) is 9.59 Å². The Morgan fingerprint density at radius 2 is 1.55 bits per heavy atom. The van der Waals surface area contributed by atoms with Gasteiger partial charge in [-0.15, -0.1) is 0 Å². The number of aromatic carboxylic acids is 1. The topological polar surface area (TPSA) is 97.0 Å². The zero-order chi connectivity index (χ0) is 26.6. The number of amides is 1. The Morgan fingerprint density at radius 3 is 2.21 bits per heavy atom. The molecule has 1 N–H and O–H groups in total. The standard InChI is InChI=1S/C31H23NO6/c1-2-37-31(36)23-10-8-21(9-11-23)28-17-16-26(38-28)18-24-19-27(20-6-4-3-5-7-20)32(29(24)33)25-14-12-22(13-15-25)30(34)35/h3-19H,2H2,1H3,(H,34,35). The number of anilines is 1. The maximum absolute atomic E-state index is 13.5. The molecule has 5 rings (SSSR count). The van der Waals surface area contributed by atoms with Gasteiger partial charge in [0.05, 0.1) is 23.4 Å². The van der Waals surface area contributed by atoms with Crippen LogP contribution in [0.2, 0.25) is 0 Å². The summed E-state index contributed by atoms with van der Waals surface area (Å²) in [5.41, 5.74) is 3.86. The Kier molecular flexibility index (Phi) is 6.74. The van der Waals surface area contributed by atoms with Crippen LogP contribution in [0.15, 0.2) is 107 Å². The molecule has 0 bridgehead atoms. The number of ether oxygens (including phenoxy) is 1. The van der Waals surface area contributed by atoms with Crippen LogP contribution in [-0.4, -0.2) is 29.6 Å². The molecule has 0 fully saturated rings. The van der Waals surface area contributed by atoms with Crippen LogP contribution in [0.25, 0.3) is 23.1 Å². The quantitative estimate of drug-likeness (QED) is 0.234. The van der Waals surface area contributed by atoms with Gasteiger partial charge in [0.25, 0.3) is 5.91 Å². The van der Waals surface area contributed by atoms with E-state index in [-0.39, 0.29) is 17.4 Å². The number of furan rings is 1. The summed E-state index contributed by atoms with van der Waals surface area (Å²) in [5, 5.41) is 9.24. The molecule has 1 aliphatic heterocycles. The number of hydrogen-bond donors (Lipinski definition) is 1. The fourth-order valence-corrected chi connectivity index (χ4v) is 4.17. The number of carboxylic acids is 1. The van der Waals surface area contributed by atoms with Gasteiger partial charge in [0.2, 0.25) is 0 Å². The molecular formula is C31H23NO6. The van der Waals surface area contributed by atoms with E-state index in [1.165, 1.54) is 12.1 Å². The first-order valence-electron chi connectivity index (χ1n) is 12.0. The second kappa shape index (κ2) is 10.4. The van der Waals surface area contributed by atoms with E-state index in [1.807, 2.05) is 30.3 Å². The van der Waals surface area contributed by atoms with Crippen molar-refractivity contribution < 1.29 is 28.6 Å². The molecule has 4 aromatic rings. The van der Waals surface area contributed by atoms with Crippen molar-refractivity contribution in [3.05, 3.63) is 125 Å². The Balaban J connectivity index is 1.46. The fourth-order valence-electron chi connectivity index (χ4n) is 4.17. The van der Waals surface area contributed by atoms with Crippen molar-refractivity contribution in [2.45, 2.75) is 6.92 Å². The monoisotopic (exact) mass is 505 g/mol. The van der Waals surface area contributed by atoms with Gasteiger partial charge in [-0.05, 0) is 73.2 Å². The predicted molar refractivity (Wildman–Crippen MR) is 143 cm³/mol. The number of carbonyl (C=O) groups is 3. The van der Waals surface area contributed by atoms with Crippen LogP contribution in [0.1, 0.15) is 39.0 Å². The lowest BCUT2D eigenvalue weighted by molar-refractivity contribution is -0.113. The van der Waals surface area contributed by atoms with Crippen molar-refractivity contribution in [1.29, 1.82) is 0 Å². The van der Waals surface area contributed by atoms with Gasteiger partial charge in [0, 0.05) is 16.8 Å². The van der Waals surface area contributed by atoms with Gasteiger partial charge in [-0.2, -0.15) is 0 Å². The average Bonchev–Trinajstić information content (AvgIpc) is 3.54. The highest BCUT2D eigenvalue weighted by Gasteiger charge is 2.30. The molecule has 188 valence electrons. The number of nitrogens with zero attached hydrogens (tertiary/aromatic N) is 1. The van der Waals surface area contributed by atoms with E-state index < -0.39 is 5.97 Å². The molecule has 0 saturated heterocycles. The Bertz CT molecular complexity index is 1560. The zero-order valence-electron chi connectivity index (χ0n) is 20.5. The normalized spacial score (nSPS) is 14.0. The second-order valence-corrected chi connectivity index (χ2v) is 8.49. The lowest BCUT2D eigenvalue weighted by atomic mass is 10.1. The first kappa shape index (κ1) is 24.5. The molecule has 0 aliphatic carbocycles. The second-order valence-electron chi connectivity index (χ2n) is 8.49. The first-order chi connectivity index (χ1) is 18.4. The maximum atomic E-state index is 13.5. The predicted octanol–water partition coefficient (Wildman–Crippen LogP) is 6.29. The number of rotatable bonds is 7. The summed E-state index contributed by atoms with van der Waals surface area (Å²) in [6.45, 7) is 2.06. The lowest BCUT2D eigenvalue weighted by Crippen LogP contribution is -2.25. The van der Waals surface area contributed by atoms with E-state index >= 15 is 0 Å². The first-order valence-corrected chi connectivity index (χ1v) is 12.0. The molecule has 1 amide bonds. The van der Waals surface area contributed by atoms with E-state index in [4.69, 9.17) is 9.15 Å². The largest absolute Gasteiger partial charge is 0.478 e. The van der Waals surface area contributed by atoms with Gasteiger partial charge >= 0.3 is 11.9 Å². The fraction of sp³-hybridized carbons (Fsp3) is 0.0645. The third-order valence-corrected chi connectivity index (χ3v) is 6.03. The highest BCUT2D eigenvalue weighted by molar-refractivity contribution is 6.23. The van der Waals surface area contributed by atoms with Crippen molar-refractivity contribution in [2.24, 2.45) is 0 Å². The van der Waals surface area contributed by atoms with Crippen LogP contribution in [0.4, 0.5) is 5.69 Å². The zero-order valence-corrected chi connectivity index (χ0v) is 20.5. The highest BCUT2D eigenvalue weighted by Crippen LogP contribution is 2.36. The number of hydrogen-bond acceptors (Lipinski definition) is 5. The van der Waals surface area contributed by atoms with E-state index in [0.29, 0.717) is 40.6 Å². The molecule has 0 radical (unpaired) electrons. The molecule has 7 nitrogen and oxygen atoms in total. The van der Waals surface area contributed by atoms with Gasteiger partial charge in [-0.3, -0.25) is 9.69 Å². The molecule has 1 aliphatic rings. The molecule has 0 spiro atoms. The minimum absolute atomic E-state index is 0.139. The van der Waals surface area contributed by atoms with Crippen LogP contribution in [0, 0.1) is 0 Å². The molecule has 38 heavy (non-hydrogen) atoms. The van der Waals surface area contributed by atoms with Crippen molar-refractivity contribution in [2.75, 3.05) is 11.5 Å². The molecule has 0 unspecified atom stereocenters. The smallest absolute Gasteiger partial charge is 0.338 e. The maximum Gasteiger partial charge on any atom is 0.338 e. The van der Waals surface area contributed by atoms with Crippen LogP contribution < -0.4 is 4.90 Å². The Morgan fingerprint density at radius 1 is 0.868 bits per heavy atom. The average molecular weight is 506 g/mol. The molecule has 7 heteroatoms. The van der Waals surface area contributed by atoms with Crippen LogP contribution in [0.3, 0.4) is 0 Å². The summed E-state index contributed by atoms with van der Waals surface area (Å²) >= 11 is 0. The number of carboxylic acid groups (broad SMARTS) is 1. The number of carbonyl (C=O) groups excluding carboxylic acids is 2. The minimum Gasteiger partial charge on any atom is -0.478 e. The molecule has 0 atom stereocenters. The van der Waals surface area contributed by atoms with Gasteiger partial charge < -0.3 is 14.3 Å². The van der Waals surface area contributed by atoms with Crippen LogP contribution in [0.5, 0.6) is 0 Å². The Hall–Kier alpha value is -5.17. The molecule has 2 heterocycles. The van der Waals surface area contributed by atoms with Crippen LogP contribution in [-0.2, 0) is 9.53 Å². The number of benzene rings is 3. The third kappa shape index (κ3) is 4.90. The Labute approximate surface area is 218 Å². The molecule has 3 aromatic carbocycles. The van der Waals surface area contributed by atoms with Crippen LogP contribution >= 0.6 is 0 Å². The molecule has 1 aromatic heterocycles. The summed E-state index contributed by atoms with van der Waals surface area (Å²) in [7, 11) is 0. The van der Waals surface area contributed by atoms with Gasteiger partial charge in [0.15, 0.2) is 0 Å². The van der Waals surface area contributed by atoms with Crippen molar-refractivity contribution >= 4 is 35.3 Å². The van der Waals surface area contributed by atoms with E-state index in [9.17, 15) is 19.5 Å². The summed E-state index contributed by atoms with van der Waals surface area (Å²) in [6.07, 6.45) is 3.46. The summed E-state index contributed by atoms with van der Waals surface area (Å²) in [6, 6.07) is 26.2. The lowest BCUT2D eigenvalue weighted by Gasteiger charge is -2.21. The van der Waals surface area contributed by atoms with E-state index in [0.717, 1.165) is 11.1 Å². The van der Waals surface area contributed by atoms with Crippen molar-refractivity contribution in [1.82, 2.24) is 0 Å². The SMILES string of the molecule is CCOC(=O)c1ccc(-c2ccc(C=C3C=C(c4ccccc4)N(c4ccc(C(=O)O)cc4)C3=O)o2)cc1. The summed E-state index contributed by atoms with van der Waals surface area (Å²) in [4.78, 5) is 38.3. The number of esters is 1. The summed E-state index contributed by atoms with van der Waals surface area (Å²) in [5.74, 6) is -0.598. The van der Waals surface area contributed by atoms with E-state index in [1.54, 1.807) is 72.5 Å². The van der Waals surface area contributed by atoms with E-state index in [2.05, 4.69) is 0 Å². The summed E-state index contributed by atoms with van der Waals surface area (Å²) < 4.78 is 11.0. The highest BCUT2D eigenvalue weighted by atomic mass is 16.5. The van der Waals surface area contributed by atoms with Crippen molar-refractivity contribution in [3.63, 3.8) is 0 Å². The van der Waals surface area contributed by atoms with Gasteiger partial charge in [0.1, 0.15) is 11.5 Å². The van der Waals surface area contributed by atoms with Crippen molar-refractivity contribution in [3.8, 4) is 11.3 Å². The minimum atomic E-state index is -1.03. The molecular weight excluding hydrogens is 482 g/mol. The van der Waals surface area contributed by atoms with Gasteiger partial charge in [-0.1, -0.05) is 42.5 Å². The molecule has 0 saturated carbocycles. The third-order valence-electron chi connectivity index (χ3n) is 6.03.